The summed E-state index contributed by atoms with van der Waals surface area (Å²) in [6, 6.07) is 23.7. The lowest BCUT2D eigenvalue weighted by atomic mass is 10.1. The molecule has 0 atom stereocenters. The van der Waals surface area contributed by atoms with E-state index in [0.717, 1.165) is 11.1 Å². The van der Waals surface area contributed by atoms with Gasteiger partial charge >= 0.3 is 0 Å². The van der Waals surface area contributed by atoms with Crippen LogP contribution in [-0.4, -0.2) is 18.7 Å². The molecular formula is C24H21N3O3. The molecule has 0 fully saturated rings. The molecule has 3 aromatic carbocycles. The Bertz CT molecular complexity index is 1070. The van der Waals surface area contributed by atoms with E-state index in [0.29, 0.717) is 29.2 Å². The predicted molar refractivity (Wildman–Crippen MR) is 115 cm³/mol. The molecule has 0 aromatic heterocycles. The maximum Gasteiger partial charge on any atom is 0.271 e. The minimum absolute atomic E-state index is 0.254. The van der Waals surface area contributed by atoms with E-state index in [1.807, 2.05) is 37.3 Å². The standard InChI is InChI=1S/C24H21N3O3/c1-2-29-23-14-18(16-26-27-24(28)19-8-4-3-5-9-19)12-13-22(23)30-17-21-11-7-6-10-20(21)15-25/h3-14,16H,2,17H2,1H3,(H,27,28)/b26-16-. The molecule has 0 bridgehead atoms. The first-order chi connectivity index (χ1) is 14.7. The van der Waals surface area contributed by atoms with Crippen LogP contribution in [-0.2, 0) is 6.61 Å². The number of nitrogens with zero attached hydrogens (tertiary/aromatic N) is 2. The SMILES string of the molecule is CCOc1cc(/C=N\NC(=O)c2ccccc2)ccc1OCc1ccccc1C#N. The second-order valence-corrected chi connectivity index (χ2v) is 6.26. The van der Waals surface area contributed by atoms with Crippen LogP contribution in [0.4, 0.5) is 0 Å². The highest BCUT2D eigenvalue weighted by atomic mass is 16.5. The van der Waals surface area contributed by atoms with Crippen molar-refractivity contribution in [2.24, 2.45) is 5.10 Å². The third-order valence-corrected chi connectivity index (χ3v) is 4.20. The fraction of sp³-hybridized carbons (Fsp3) is 0.125. The van der Waals surface area contributed by atoms with Crippen molar-refractivity contribution in [3.8, 4) is 17.6 Å². The number of benzene rings is 3. The van der Waals surface area contributed by atoms with E-state index < -0.39 is 0 Å². The van der Waals surface area contributed by atoms with E-state index >= 15 is 0 Å². The van der Waals surface area contributed by atoms with Crippen molar-refractivity contribution in [3.63, 3.8) is 0 Å². The van der Waals surface area contributed by atoms with Crippen LogP contribution in [0.1, 0.15) is 34.0 Å². The maximum absolute atomic E-state index is 12.0. The lowest BCUT2D eigenvalue weighted by Gasteiger charge is -2.13. The van der Waals surface area contributed by atoms with E-state index in [2.05, 4.69) is 16.6 Å². The average molecular weight is 399 g/mol. The minimum Gasteiger partial charge on any atom is -0.490 e. The van der Waals surface area contributed by atoms with Gasteiger partial charge in [-0.15, -0.1) is 0 Å². The molecule has 0 saturated heterocycles. The van der Waals surface area contributed by atoms with Gasteiger partial charge in [-0.1, -0.05) is 36.4 Å². The minimum atomic E-state index is -0.284. The number of hydrogen-bond acceptors (Lipinski definition) is 5. The van der Waals surface area contributed by atoms with Crippen LogP contribution in [0.5, 0.6) is 11.5 Å². The number of nitrogens with one attached hydrogen (secondary N) is 1. The molecule has 0 radical (unpaired) electrons. The summed E-state index contributed by atoms with van der Waals surface area (Å²) in [4.78, 5) is 12.0. The molecule has 0 saturated carbocycles. The van der Waals surface area contributed by atoms with Crippen molar-refractivity contribution in [2.45, 2.75) is 13.5 Å². The Labute approximate surface area is 175 Å². The van der Waals surface area contributed by atoms with Gasteiger partial charge in [0.05, 0.1) is 24.5 Å². The highest BCUT2D eigenvalue weighted by Gasteiger charge is 2.08. The molecule has 150 valence electrons. The van der Waals surface area contributed by atoms with E-state index in [-0.39, 0.29) is 12.5 Å². The molecule has 3 rings (SSSR count). The Balaban J connectivity index is 1.68. The van der Waals surface area contributed by atoms with Gasteiger partial charge in [0.15, 0.2) is 11.5 Å². The fourth-order valence-corrected chi connectivity index (χ4v) is 2.72. The van der Waals surface area contributed by atoms with Gasteiger partial charge in [0, 0.05) is 11.1 Å². The third kappa shape index (κ3) is 5.46. The van der Waals surface area contributed by atoms with Gasteiger partial charge in [0.25, 0.3) is 5.91 Å². The van der Waals surface area contributed by atoms with Crippen LogP contribution < -0.4 is 14.9 Å². The first-order valence-electron chi connectivity index (χ1n) is 9.47. The molecule has 6 heteroatoms. The van der Waals surface area contributed by atoms with E-state index in [4.69, 9.17) is 9.47 Å². The van der Waals surface area contributed by atoms with Gasteiger partial charge in [-0.05, 0) is 48.9 Å². The number of nitriles is 1. The molecule has 1 amide bonds. The van der Waals surface area contributed by atoms with Gasteiger partial charge in [-0.3, -0.25) is 4.79 Å². The first kappa shape index (κ1) is 20.6. The Hall–Kier alpha value is -4.11. The Morgan fingerprint density at radius 3 is 2.57 bits per heavy atom. The fourth-order valence-electron chi connectivity index (χ4n) is 2.72. The van der Waals surface area contributed by atoms with Crippen LogP contribution in [0.15, 0.2) is 77.9 Å². The van der Waals surface area contributed by atoms with Gasteiger partial charge in [0.2, 0.25) is 0 Å². The van der Waals surface area contributed by atoms with Crippen molar-refractivity contribution in [3.05, 3.63) is 95.1 Å². The van der Waals surface area contributed by atoms with Crippen molar-refractivity contribution >= 4 is 12.1 Å². The number of carbonyl (C=O) groups excluding carboxylic acids is 1. The number of hydrogen-bond donors (Lipinski definition) is 1. The Kier molecular flexibility index (Phi) is 7.17. The second kappa shape index (κ2) is 10.4. The largest absolute Gasteiger partial charge is 0.490 e. The number of rotatable bonds is 8. The lowest BCUT2D eigenvalue weighted by Crippen LogP contribution is -2.17. The van der Waals surface area contributed by atoms with Crippen LogP contribution >= 0.6 is 0 Å². The molecule has 1 N–H and O–H groups in total. The molecule has 0 heterocycles. The van der Waals surface area contributed by atoms with Crippen molar-refractivity contribution in [1.82, 2.24) is 5.43 Å². The quantitative estimate of drug-likeness (QED) is 0.452. The summed E-state index contributed by atoms with van der Waals surface area (Å²) in [6.07, 6.45) is 1.54. The Morgan fingerprint density at radius 2 is 1.80 bits per heavy atom. The van der Waals surface area contributed by atoms with E-state index in [9.17, 15) is 10.1 Å². The molecule has 0 aliphatic rings. The van der Waals surface area contributed by atoms with Gasteiger partial charge in [0.1, 0.15) is 6.61 Å². The monoisotopic (exact) mass is 399 g/mol. The number of hydrazone groups is 1. The molecular weight excluding hydrogens is 378 g/mol. The highest BCUT2D eigenvalue weighted by Crippen LogP contribution is 2.29. The summed E-state index contributed by atoms with van der Waals surface area (Å²) in [5.74, 6) is 0.841. The first-order valence-corrected chi connectivity index (χ1v) is 9.47. The number of amides is 1. The van der Waals surface area contributed by atoms with Crippen LogP contribution in [0, 0.1) is 11.3 Å². The van der Waals surface area contributed by atoms with E-state index in [1.165, 1.54) is 6.21 Å². The van der Waals surface area contributed by atoms with Crippen molar-refractivity contribution in [2.75, 3.05) is 6.61 Å². The molecule has 30 heavy (non-hydrogen) atoms. The zero-order chi connectivity index (χ0) is 21.2. The smallest absolute Gasteiger partial charge is 0.271 e. The summed E-state index contributed by atoms with van der Waals surface area (Å²) < 4.78 is 11.6. The topological polar surface area (TPSA) is 83.7 Å². The molecule has 6 nitrogen and oxygen atoms in total. The van der Waals surface area contributed by atoms with Crippen LogP contribution in [0.3, 0.4) is 0 Å². The molecule has 0 unspecified atom stereocenters. The second-order valence-electron chi connectivity index (χ2n) is 6.26. The predicted octanol–water partition coefficient (Wildman–Crippen LogP) is 4.30. The van der Waals surface area contributed by atoms with E-state index in [1.54, 1.807) is 42.5 Å². The lowest BCUT2D eigenvalue weighted by molar-refractivity contribution is 0.0955. The van der Waals surface area contributed by atoms with Gasteiger partial charge < -0.3 is 9.47 Å². The normalized spacial score (nSPS) is 10.4. The van der Waals surface area contributed by atoms with Crippen molar-refractivity contribution < 1.29 is 14.3 Å². The number of ether oxygens (including phenoxy) is 2. The maximum atomic E-state index is 12.0. The van der Waals surface area contributed by atoms with Crippen LogP contribution in [0.25, 0.3) is 0 Å². The summed E-state index contributed by atoms with van der Waals surface area (Å²) >= 11 is 0. The Morgan fingerprint density at radius 1 is 1.03 bits per heavy atom. The number of carbonyl (C=O) groups is 1. The highest BCUT2D eigenvalue weighted by molar-refractivity contribution is 5.94. The third-order valence-electron chi connectivity index (χ3n) is 4.20. The average Bonchev–Trinajstić information content (AvgIpc) is 2.79. The van der Waals surface area contributed by atoms with Crippen molar-refractivity contribution in [1.29, 1.82) is 5.26 Å². The zero-order valence-electron chi connectivity index (χ0n) is 16.5. The van der Waals surface area contributed by atoms with Crippen LogP contribution in [0.2, 0.25) is 0 Å². The molecule has 0 aliphatic carbocycles. The molecule has 0 aliphatic heterocycles. The summed E-state index contributed by atoms with van der Waals surface area (Å²) in [6.45, 7) is 2.61. The zero-order valence-corrected chi connectivity index (χ0v) is 16.5. The summed E-state index contributed by atoms with van der Waals surface area (Å²) in [5, 5.41) is 13.2. The molecule has 0 spiro atoms. The summed E-state index contributed by atoms with van der Waals surface area (Å²) in [7, 11) is 0. The summed E-state index contributed by atoms with van der Waals surface area (Å²) in [5.41, 5.74) is 5.16. The van der Waals surface area contributed by atoms with Gasteiger partial charge in [-0.25, -0.2) is 5.43 Å². The molecule has 3 aromatic rings. The van der Waals surface area contributed by atoms with Gasteiger partial charge in [-0.2, -0.15) is 10.4 Å².